The third kappa shape index (κ3) is 3.48. The number of hydrogen-bond donors (Lipinski definition) is 0. The van der Waals surface area contributed by atoms with Crippen LogP contribution in [0.4, 0.5) is 11.4 Å². The van der Waals surface area contributed by atoms with E-state index in [1.807, 2.05) is 13.0 Å². The van der Waals surface area contributed by atoms with Gasteiger partial charge in [0, 0.05) is 18.8 Å². The molecule has 0 aromatic heterocycles. The molecule has 110 valence electrons. The molecule has 0 N–H and O–H groups in total. The van der Waals surface area contributed by atoms with E-state index in [-0.39, 0.29) is 5.78 Å². The molecule has 3 heteroatoms. The van der Waals surface area contributed by atoms with Crippen molar-refractivity contribution in [3.05, 3.63) is 47.6 Å². The number of carbonyl (C=O) groups is 1. The lowest BCUT2D eigenvalue weighted by atomic mass is 10.0. The minimum atomic E-state index is 0.0278. The van der Waals surface area contributed by atoms with E-state index in [9.17, 15) is 4.79 Å². The summed E-state index contributed by atoms with van der Waals surface area (Å²) in [5, 5.41) is 0. The van der Waals surface area contributed by atoms with Crippen LogP contribution in [-0.4, -0.2) is 24.6 Å². The van der Waals surface area contributed by atoms with Gasteiger partial charge < -0.3 is 4.90 Å². The van der Waals surface area contributed by atoms with Gasteiger partial charge in [0.1, 0.15) is 0 Å². The highest BCUT2D eigenvalue weighted by Gasteiger charge is 2.09. The summed E-state index contributed by atoms with van der Waals surface area (Å²) in [5.41, 5.74) is 5.09. The molecule has 0 radical (unpaired) electrons. The summed E-state index contributed by atoms with van der Waals surface area (Å²) in [7, 11) is 0. The minimum Gasteiger partial charge on any atom is -0.372 e. The number of nitrogens with zero attached hydrogens (tertiary/aromatic N) is 2. The summed E-state index contributed by atoms with van der Waals surface area (Å²) in [4.78, 5) is 18.3. The second kappa shape index (κ2) is 6.53. The van der Waals surface area contributed by atoms with Crippen LogP contribution in [0.1, 0.15) is 26.3 Å². The Balaban J connectivity index is 2.32. The molecular weight excluding hydrogens is 260 g/mol. The zero-order chi connectivity index (χ0) is 15.4. The van der Waals surface area contributed by atoms with Crippen molar-refractivity contribution in [3.8, 4) is 0 Å². The fourth-order valence-corrected chi connectivity index (χ4v) is 2.43. The molecule has 0 amide bonds. The second-order valence-corrected chi connectivity index (χ2v) is 5.20. The Bertz CT molecular complexity index is 635. The Morgan fingerprint density at radius 3 is 2.38 bits per heavy atom. The number of aryl methyl sites for hydroxylation is 1. The summed E-state index contributed by atoms with van der Waals surface area (Å²) in [6.07, 6.45) is 4.97. The van der Waals surface area contributed by atoms with Gasteiger partial charge >= 0.3 is 0 Å². The van der Waals surface area contributed by atoms with Gasteiger partial charge in [-0.1, -0.05) is 0 Å². The van der Waals surface area contributed by atoms with Crippen LogP contribution in [0.15, 0.2) is 47.0 Å². The van der Waals surface area contributed by atoms with Crippen molar-refractivity contribution >= 4 is 22.9 Å². The van der Waals surface area contributed by atoms with E-state index in [0.29, 0.717) is 0 Å². The van der Waals surface area contributed by atoms with Crippen LogP contribution in [0.25, 0.3) is 0 Å². The van der Waals surface area contributed by atoms with Crippen molar-refractivity contribution in [2.45, 2.75) is 27.7 Å². The highest BCUT2D eigenvalue weighted by molar-refractivity contribution is 6.20. The first-order valence-electron chi connectivity index (χ1n) is 7.40. The molecule has 1 aliphatic rings. The Morgan fingerprint density at radius 2 is 1.81 bits per heavy atom. The van der Waals surface area contributed by atoms with Crippen molar-refractivity contribution in [2.75, 3.05) is 18.0 Å². The van der Waals surface area contributed by atoms with E-state index < -0.39 is 0 Å². The average molecular weight is 282 g/mol. The molecule has 0 fully saturated rings. The SMILES string of the molecule is CCN(CC)c1ccc(N=C2C=CC(=O)C=C2C)c(C)c1. The molecular formula is C18H22N2O. The van der Waals surface area contributed by atoms with Gasteiger partial charge in [-0.15, -0.1) is 0 Å². The van der Waals surface area contributed by atoms with Crippen LogP contribution in [0, 0.1) is 6.92 Å². The van der Waals surface area contributed by atoms with E-state index in [1.54, 1.807) is 18.2 Å². The third-order valence-corrected chi connectivity index (χ3v) is 3.72. The van der Waals surface area contributed by atoms with Crippen LogP contribution in [-0.2, 0) is 4.79 Å². The van der Waals surface area contributed by atoms with Crippen LogP contribution >= 0.6 is 0 Å². The minimum absolute atomic E-state index is 0.0278. The molecule has 0 spiro atoms. The largest absolute Gasteiger partial charge is 0.372 e. The fraction of sp³-hybridized carbons (Fsp3) is 0.333. The van der Waals surface area contributed by atoms with E-state index in [2.05, 4.69) is 42.8 Å². The Kier molecular flexibility index (Phi) is 4.73. The second-order valence-electron chi connectivity index (χ2n) is 5.20. The molecule has 1 aliphatic carbocycles. The number of allylic oxidation sites excluding steroid dienone is 4. The average Bonchev–Trinajstić information content (AvgIpc) is 2.45. The first-order valence-corrected chi connectivity index (χ1v) is 7.40. The maximum absolute atomic E-state index is 11.3. The van der Waals surface area contributed by atoms with Crippen molar-refractivity contribution in [2.24, 2.45) is 4.99 Å². The highest BCUT2D eigenvalue weighted by Crippen LogP contribution is 2.26. The van der Waals surface area contributed by atoms with Crippen LogP contribution in [0.3, 0.4) is 0 Å². The van der Waals surface area contributed by atoms with Gasteiger partial charge in [0.05, 0.1) is 11.4 Å². The predicted molar refractivity (Wildman–Crippen MR) is 89.7 cm³/mol. The van der Waals surface area contributed by atoms with Gasteiger partial charge in [0.25, 0.3) is 0 Å². The number of benzene rings is 1. The number of carbonyl (C=O) groups excluding carboxylic acids is 1. The summed E-state index contributed by atoms with van der Waals surface area (Å²) in [6.45, 7) is 10.3. The molecule has 0 heterocycles. The normalized spacial score (nSPS) is 16.3. The van der Waals surface area contributed by atoms with Gasteiger partial charge in [-0.3, -0.25) is 4.79 Å². The Morgan fingerprint density at radius 1 is 1.10 bits per heavy atom. The molecule has 0 unspecified atom stereocenters. The zero-order valence-corrected chi connectivity index (χ0v) is 13.2. The number of ketones is 1. The standard InChI is InChI=1S/C18H22N2O/c1-5-20(6-2)15-7-9-17(13(3)11-15)19-18-10-8-16(21)12-14(18)4/h7-12H,5-6H2,1-4H3. The summed E-state index contributed by atoms with van der Waals surface area (Å²) < 4.78 is 0. The predicted octanol–water partition coefficient (Wildman–Crippen LogP) is 4.00. The first kappa shape index (κ1) is 15.2. The van der Waals surface area contributed by atoms with Crippen LogP contribution in [0.2, 0.25) is 0 Å². The maximum Gasteiger partial charge on any atom is 0.179 e. The Hall–Kier alpha value is -2.16. The van der Waals surface area contributed by atoms with Gasteiger partial charge in [-0.2, -0.15) is 0 Å². The molecule has 21 heavy (non-hydrogen) atoms. The summed E-state index contributed by atoms with van der Waals surface area (Å²) >= 11 is 0. The molecule has 1 aromatic carbocycles. The van der Waals surface area contributed by atoms with Gasteiger partial charge in [-0.25, -0.2) is 4.99 Å². The molecule has 0 atom stereocenters. The topological polar surface area (TPSA) is 32.7 Å². The van der Waals surface area contributed by atoms with E-state index >= 15 is 0 Å². The van der Waals surface area contributed by atoms with Crippen LogP contribution < -0.4 is 4.90 Å². The lowest BCUT2D eigenvalue weighted by molar-refractivity contribution is -0.110. The van der Waals surface area contributed by atoms with E-state index in [1.165, 1.54) is 5.69 Å². The molecule has 0 saturated heterocycles. The Labute approximate surface area is 126 Å². The van der Waals surface area contributed by atoms with Crippen molar-refractivity contribution in [1.82, 2.24) is 0 Å². The molecule has 0 aliphatic heterocycles. The number of hydrogen-bond acceptors (Lipinski definition) is 3. The van der Waals surface area contributed by atoms with Crippen molar-refractivity contribution < 1.29 is 4.79 Å². The quantitative estimate of drug-likeness (QED) is 0.782. The van der Waals surface area contributed by atoms with E-state index in [0.717, 1.165) is 35.6 Å². The highest BCUT2D eigenvalue weighted by atomic mass is 16.1. The summed E-state index contributed by atoms with van der Waals surface area (Å²) in [5.74, 6) is 0.0278. The molecule has 2 rings (SSSR count). The van der Waals surface area contributed by atoms with Gasteiger partial charge in [0.15, 0.2) is 5.78 Å². The van der Waals surface area contributed by atoms with Crippen LogP contribution in [0.5, 0.6) is 0 Å². The zero-order valence-electron chi connectivity index (χ0n) is 13.2. The molecule has 0 bridgehead atoms. The molecule has 1 aromatic rings. The number of aliphatic imine (C=N–C) groups is 1. The van der Waals surface area contributed by atoms with Crippen molar-refractivity contribution in [3.63, 3.8) is 0 Å². The third-order valence-electron chi connectivity index (χ3n) is 3.72. The lowest BCUT2D eigenvalue weighted by Crippen LogP contribution is -2.21. The van der Waals surface area contributed by atoms with Gasteiger partial charge in [0.2, 0.25) is 0 Å². The van der Waals surface area contributed by atoms with Crippen molar-refractivity contribution in [1.29, 1.82) is 0 Å². The maximum atomic E-state index is 11.3. The molecule has 3 nitrogen and oxygen atoms in total. The fourth-order valence-electron chi connectivity index (χ4n) is 2.43. The van der Waals surface area contributed by atoms with E-state index in [4.69, 9.17) is 0 Å². The lowest BCUT2D eigenvalue weighted by Gasteiger charge is -2.21. The smallest absolute Gasteiger partial charge is 0.179 e. The monoisotopic (exact) mass is 282 g/mol. The molecule has 0 saturated carbocycles. The number of anilines is 1. The summed E-state index contributed by atoms with van der Waals surface area (Å²) in [6, 6.07) is 6.33. The van der Waals surface area contributed by atoms with Gasteiger partial charge in [-0.05, 0) is 75.3 Å². The number of rotatable bonds is 4. The first-order chi connectivity index (χ1) is 10.0.